The summed E-state index contributed by atoms with van der Waals surface area (Å²) in [5, 5.41) is 0. The second-order valence-electron chi connectivity index (χ2n) is 6.24. The number of ether oxygens (including phenoxy) is 1. The highest BCUT2D eigenvalue weighted by molar-refractivity contribution is 5.10. The van der Waals surface area contributed by atoms with Crippen molar-refractivity contribution in [3.63, 3.8) is 0 Å². The predicted molar refractivity (Wildman–Crippen MR) is 80.7 cm³/mol. The largest absolute Gasteiger partial charge is 0.381 e. The van der Waals surface area contributed by atoms with Crippen LogP contribution in [0.1, 0.15) is 37.7 Å². The number of hydrogen-bond donors (Lipinski definition) is 0. The molecule has 3 heterocycles. The van der Waals surface area contributed by atoms with Crippen molar-refractivity contribution in [3.05, 3.63) is 30.1 Å². The summed E-state index contributed by atoms with van der Waals surface area (Å²) in [5.74, 6) is 0.866. The average molecular weight is 274 g/mol. The van der Waals surface area contributed by atoms with E-state index in [0.29, 0.717) is 0 Å². The van der Waals surface area contributed by atoms with Gasteiger partial charge in [-0.15, -0.1) is 0 Å². The summed E-state index contributed by atoms with van der Waals surface area (Å²) in [6.45, 7) is 4.54. The molecule has 1 unspecified atom stereocenters. The molecule has 1 aromatic rings. The van der Waals surface area contributed by atoms with Crippen molar-refractivity contribution in [3.8, 4) is 0 Å². The maximum atomic E-state index is 5.47. The summed E-state index contributed by atoms with van der Waals surface area (Å²) < 4.78 is 5.47. The lowest BCUT2D eigenvalue weighted by Gasteiger charge is -2.31. The number of hydrogen-bond acceptors (Lipinski definition) is 3. The summed E-state index contributed by atoms with van der Waals surface area (Å²) in [4.78, 5) is 6.84. The van der Waals surface area contributed by atoms with E-state index in [9.17, 15) is 0 Å². The average Bonchev–Trinajstić information content (AvgIpc) is 2.94. The van der Waals surface area contributed by atoms with Gasteiger partial charge in [-0.1, -0.05) is 0 Å². The minimum atomic E-state index is 0.797. The van der Waals surface area contributed by atoms with Crippen LogP contribution in [0.25, 0.3) is 0 Å². The van der Waals surface area contributed by atoms with E-state index >= 15 is 0 Å². The van der Waals surface area contributed by atoms with E-state index in [-0.39, 0.29) is 0 Å². The molecular weight excluding hydrogens is 248 g/mol. The van der Waals surface area contributed by atoms with E-state index in [1.54, 1.807) is 0 Å². The Kier molecular flexibility index (Phi) is 5.04. The van der Waals surface area contributed by atoms with Gasteiger partial charge in [0.1, 0.15) is 0 Å². The number of aryl methyl sites for hydroxylation is 1. The Morgan fingerprint density at radius 3 is 2.75 bits per heavy atom. The lowest BCUT2D eigenvalue weighted by atomic mass is 9.98. The molecule has 1 aromatic heterocycles. The summed E-state index contributed by atoms with van der Waals surface area (Å²) >= 11 is 0. The van der Waals surface area contributed by atoms with Crippen LogP contribution in [-0.2, 0) is 11.2 Å². The van der Waals surface area contributed by atoms with Crippen LogP contribution in [0.3, 0.4) is 0 Å². The number of likely N-dealkylation sites (tertiary alicyclic amines) is 1. The van der Waals surface area contributed by atoms with E-state index in [1.165, 1.54) is 57.2 Å². The van der Waals surface area contributed by atoms with Crippen LogP contribution >= 0.6 is 0 Å². The highest BCUT2D eigenvalue weighted by Crippen LogP contribution is 2.25. The Labute approximate surface area is 122 Å². The molecule has 20 heavy (non-hydrogen) atoms. The van der Waals surface area contributed by atoms with Crippen LogP contribution in [0.2, 0.25) is 0 Å². The smallest absolute Gasteiger partial charge is 0.0469 e. The molecule has 0 saturated carbocycles. The second kappa shape index (κ2) is 7.19. The van der Waals surface area contributed by atoms with Crippen molar-refractivity contribution in [2.45, 2.75) is 44.6 Å². The second-order valence-corrected chi connectivity index (χ2v) is 6.24. The monoisotopic (exact) mass is 274 g/mol. The number of rotatable bonds is 5. The molecule has 2 aliphatic rings. The fourth-order valence-corrected chi connectivity index (χ4v) is 3.61. The predicted octanol–water partition coefficient (Wildman–Crippen LogP) is 2.91. The van der Waals surface area contributed by atoms with Crippen LogP contribution in [0, 0.1) is 5.92 Å². The minimum Gasteiger partial charge on any atom is -0.381 e. The summed E-state index contributed by atoms with van der Waals surface area (Å²) in [5.41, 5.74) is 1.43. The van der Waals surface area contributed by atoms with Crippen molar-refractivity contribution in [2.75, 3.05) is 26.3 Å². The molecule has 3 rings (SSSR count). The Bertz CT molecular complexity index is 389. The van der Waals surface area contributed by atoms with Crippen molar-refractivity contribution in [2.24, 2.45) is 5.92 Å². The van der Waals surface area contributed by atoms with Crippen molar-refractivity contribution >= 4 is 0 Å². The standard InChI is InChI=1S/C17H26N2O/c1-2-17(4-3-15-5-9-18-10-6-15)19(11-1)14-16-7-12-20-13-8-16/h5-6,9-10,16-17H,1-4,7-8,11-14H2. The van der Waals surface area contributed by atoms with E-state index < -0.39 is 0 Å². The molecule has 3 nitrogen and oxygen atoms in total. The molecule has 0 aliphatic carbocycles. The first-order valence-corrected chi connectivity index (χ1v) is 8.12. The van der Waals surface area contributed by atoms with Crippen molar-refractivity contribution in [1.82, 2.24) is 9.88 Å². The zero-order chi connectivity index (χ0) is 13.6. The van der Waals surface area contributed by atoms with Crippen LogP contribution in [0.15, 0.2) is 24.5 Å². The van der Waals surface area contributed by atoms with Crippen LogP contribution < -0.4 is 0 Å². The van der Waals surface area contributed by atoms with Gasteiger partial charge in [0.05, 0.1) is 0 Å². The molecule has 0 aromatic carbocycles. The third kappa shape index (κ3) is 3.80. The molecular formula is C17H26N2O. The Balaban J connectivity index is 1.47. The van der Waals surface area contributed by atoms with E-state index in [4.69, 9.17) is 4.74 Å². The van der Waals surface area contributed by atoms with Gasteiger partial charge in [0.25, 0.3) is 0 Å². The normalized spacial score (nSPS) is 25.1. The molecule has 0 radical (unpaired) electrons. The summed E-state index contributed by atoms with van der Waals surface area (Å²) in [7, 11) is 0. The first-order valence-electron chi connectivity index (χ1n) is 8.12. The number of pyridine rings is 1. The molecule has 3 heteroatoms. The van der Waals surface area contributed by atoms with Gasteiger partial charge in [0.15, 0.2) is 0 Å². The van der Waals surface area contributed by atoms with E-state index in [0.717, 1.165) is 25.2 Å². The zero-order valence-electron chi connectivity index (χ0n) is 12.3. The highest BCUT2D eigenvalue weighted by atomic mass is 16.5. The van der Waals surface area contributed by atoms with Crippen LogP contribution in [-0.4, -0.2) is 42.2 Å². The maximum Gasteiger partial charge on any atom is 0.0469 e. The molecule has 2 aliphatic heterocycles. The lowest BCUT2D eigenvalue weighted by molar-refractivity contribution is 0.0502. The highest BCUT2D eigenvalue weighted by Gasteiger charge is 2.27. The first-order chi connectivity index (χ1) is 9.92. The van der Waals surface area contributed by atoms with Crippen molar-refractivity contribution in [1.29, 1.82) is 0 Å². The fraction of sp³-hybridized carbons (Fsp3) is 0.706. The molecule has 2 fully saturated rings. The van der Waals surface area contributed by atoms with Gasteiger partial charge in [-0.25, -0.2) is 0 Å². The van der Waals surface area contributed by atoms with Gasteiger partial charge in [-0.3, -0.25) is 4.98 Å². The molecule has 0 spiro atoms. The van der Waals surface area contributed by atoms with Gasteiger partial charge < -0.3 is 9.64 Å². The Morgan fingerprint density at radius 2 is 1.95 bits per heavy atom. The summed E-state index contributed by atoms with van der Waals surface area (Å²) in [6.07, 6.45) is 11.6. The van der Waals surface area contributed by atoms with Gasteiger partial charge in [-0.05, 0) is 68.7 Å². The van der Waals surface area contributed by atoms with Crippen LogP contribution in [0.5, 0.6) is 0 Å². The van der Waals surface area contributed by atoms with Gasteiger partial charge in [0.2, 0.25) is 0 Å². The SMILES string of the molecule is c1cc(CCC2CCCN2CC2CCOCC2)ccn1. The third-order valence-electron chi connectivity index (χ3n) is 4.85. The van der Waals surface area contributed by atoms with E-state index in [2.05, 4.69) is 22.0 Å². The first kappa shape index (κ1) is 14.0. The lowest BCUT2D eigenvalue weighted by Crippen LogP contribution is -2.36. The molecule has 1 atom stereocenters. The van der Waals surface area contributed by atoms with Gasteiger partial charge >= 0.3 is 0 Å². The fourth-order valence-electron chi connectivity index (χ4n) is 3.61. The van der Waals surface area contributed by atoms with Crippen molar-refractivity contribution < 1.29 is 4.74 Å². The maximum absolute atomic E-state index is 5.47. The minimum absolute atomic E-state index is 0.797. The molecule has 110 valence electrons. The molecule has 2 saturated heterocycles. The van der Waals surface area contributed by atoms with E-state index in [1.807, 2.05) is 12.4 Å². The third-order valence-corrected chi connectivity index (χ3v) is 4.85. The number of nitrogens with zero attached hydrogens (tertiary/aromatic N) is 2. The molecule has 0 amide bonds. The van der Waals surface area contributed by atoms with Gasteiger partial charge in [-0.2, -0.15) is 0 Å². The Morgan fingerprint density at radius 1 is 1.15 bits per heavy atom. The number of aromatic nitrogens is 1. The summed E-state index contributed by atoms with van der Waals surface area (Å²) in [6, 6.07) is 5.10. The van der Waals surface area contributed by atoms with Gasteiger partial charge in [0, 0.05) is 38.2 Å². The Hall–Kier alpha value is -0.930. The molecule has 0 N–H and O–H groups in total. The topological polar surface area (TPSA) is 25.4 Å². The van der Waals surface area contributed by atoms with Crippen LogP contribution in [0.4, 0.5) is 0 Å². The zero-order valence-corrected chi connectivity index (χ0v) is 12.3. The molecule has 0 bridgehead atoms. The quantitative estimate of drug-likeness (QED) is 0.825.